The molecule has 0 fully saturated rings. The lowest BCUT2D eigenvalue weighted by Gasteiger charge is -2.22. The van der Waals surface area contributed by atoms with Crippen molar-refractivity contribution in [3.8, 4) is 0 Å². The summed E-state index contributed by atoms with van der Waals surface area (Å²) in [4.78, 5) is 12.4. The summed E-state index contributed by atoms with van der Waals surface area (Å²) in [6, 6.07) is 6.29. The van der Waals surface area contributed by atoms with E-state index in [-0.39, 0.29) is 11.9 Å². The molecule has 1 atom stereocenters. The van der Waals surface area contributed by atoms with Crippen LogP contribution in [0.15, 0.2) is 24.3 Å². The van der Waals surface area contributed by atoms with Crippen LogP contribution in [0.4, 0.5) is 4.39 Å². The second-order valence-electron chi connectivity index (χ2n) is 3.43. The summed E-state index contributed by atoms with van der Waals surface area (Å²) in [6.07, 6.45) is 1.31. The highest BCUT2D eigenvalue weighted by Crippen LogP contribution is 2.20. The van der Waals surface area contributed by atoms with Crippen LogP contribution in [0.5, 0.6) is 0 Å². The number of carbonyl (C=O) groups excluding carboxylic acids is 1. The van der Waals surface area contributed by atoms with Crippen LogP contribution in [0.3, 0.4) is 0 Å². The molecule has 0 amide bonds. The Labute approximate surface area is 83.3 Å². The Balaban J connectivity index is 2.87. The van der Waals surface area contributed by atoms with E-state index in [4.69, 9.17) is 0 Å². The molecule has 1 unspecified atom stereocenters. The molecule has 0 radical (unpaired) electrons. The molecule has 0 bridgehead atoms. The minimum absolute atomic E-state index is 0.0353. The molecule has 0 saturated heterocycles. The average molecular weight is 195 g/mol. The topological polar surface area (TPSA) is 20.3 Å². The largest absolute Gasteiger partial charge is 0.303 e. The van der Waals surface area contributed by atoms with Gasteiger partial charge in [-0.15, -0.1) is 0 Å². The molecule has 1 aromatic rings. The van der Waals surface area contributed by atoms with E-state index in [1.165, 1.54) is 12.1 Å². The van der Waals surface area contributed by atoms with Crippen molar-refractivity contribution in [3.05, 3.63) is 35.6 Å². The Hall–Kier alpha value is -1.22. The van der Waals surface area contributed by atoms with E-state index in [9.17, 15) is 9.18 Å². The van der Waals surface area contributed by atoms with Gasteiger partial charge in [-0.3, -0.25) is 0 Å². The lowest BCUT2D eigenvalue weighted by molar-refractivity contribution is -0.108. The molecule has 0 aliphatic rings. The van der Waals surface area contributed by atoms with Gasteiger partial charge in [0.05, 0.1) is 0 Å². The van der Waals surface area contributed by atoms with Gasteiger partial charge in [0.15, 0.2) is 0 Å². The number of hydrogen-bond donors (Lipinski definition) is 0. The molecule has 76 valence electrons. The van der Waals surface area contributed by atoms with E-state index in [1.54, 1.807) is 12.1 Å². The highest BCUT2D eigenvalue weighted by Gasteiger charge is 2.12. The zero-order chi connectivity index (χ0) is 10.6. The van der Waals surface area contributed by atoms with Crippen molar-refractivity contribution in [2.75, 3.05) is 14.1 Å². The number of rotatable bonds is 4. The van der Waals surface area contributed by atoms with Crippen LogP contribution in [0, 0.1) is 5.82 Å². The van der Waals surface area contributed by atoms with Crippen molar-refractivity contribution in [2.45, 2.75) is 12.5 Å². The summed E-state index contributed by atoms with van der Waals surface area (Å²) < 4.78 is 12.7. The zero-order valence-electron chi connectivity index (χ0n) is 8.40. The van der Waals surface area contributed by atoms with Gasteiger partial charge >= 0.3 is 0 Å². The van der Waals surface area contributed by atoms with Crippen molar-refractivity contribution in [1.29, 1.82) is 0 Å². The van der Waals surface area contributed by atoms with Gasteiger partial charge in [-0.05, 0) is 31.8 Å². The van der Waals surface area contributed by atoms with Gasteiger partial charge in [-0.25, -0.2) is 4.39 Å². The summed E-state index contributed by atoms with van der Waals surface area (Å²) in [5, 5.41) is 0. The molecule has 0 heterocycles. The van der Waals surface area contributed by atoms with Gasteiger partial charge in [-0.2, -0.15) is 0 Å². The number of aldehydes is 1. The first-order chi connectivity index (χ1) is 6.65. The zero-order valence-corrected chi connectivity index (χ0v) is 8.40. The van der Waals surface area contributed by atoms with E-state index in [1.807, 2.05) is 19.0 Å². The summed E-state index contributed by atoms with van der Waals surface area (Å²) >= 11 is 0. The fraction of sp³-hybridized carbons (Fsp3) is 0.364. The van der Waals surface area contributed by atoms with Crippen LogP contribution < -0.4 is 0 Å². The minimum Gasteiger partial charge on any atom is -0.303 e. The fourth-order valence-corrected chi connectivity index (χ4v) is 1.42. The molecule has 0 saturated carbocycles. The third-order valence-corrected chi connectivity index (χ3v) is 2.20. The number of halogens is 1. The van der Waals surface area contributed by atoms with Crippen LogP contribution in [-0.2, 0) is 4.79 Å². The molecular weight excluding hydrogens is 181 g/mol. The molecule has 0 aliphatic carbocycles. The predicted molar refractivity (Wildman–Crippen MR) is 53.5 cm³/mol. The van der Waals surface area contributed by atoms with Gasteiger partial charge < -0.3 is 9.69 Å². The molecule has 0 aliphatic heterocycles. The molecule has 0 aromatic heterocycles. The van der Waals surface area contributed by atoms with Gasteiger partial charge in [0.1, 0.15) is 12.1 Å². The van der Waals surface area contributed by atoms with Crippen molar-refractivity contribution < 1.29 is 9.18 Å². The molecular formula is C11H14FNO. The van der Waals surface area contributed by atoms with E-state index in [0.717, 1.165) is 11.8 Å². The Morgan fingerprint density at radius 3 is 2.36 bits per heavy atom. The summed E-state index contributed by atoms with van der Waals surface area (Å²) in [7, 11) is 3.80. The average Bonchev–Trinajstić information content (AvgIpc) is 2.15. The molecule has 14 heavy (non-hydrogen) atoms. The van der Waals surface area contributed by atoms with Gasteiger partial charge in [0, 0.05) is 12.5 Å². The smallest absolute Gasteiger partial charge is 0.123 e. The van der Waals surface area contributed by atoms with Gasteiger partial charge in [-0.1, -0.05) is 12.1 Å². The van der Waals surface area contributed by atoms with Crippen molar-refractivity contribution in [2.24, 2.45) is 0 Å². The van der Waals surface area contributed by atoms with E-state index in [2.05, 4.69) is 0 Å². The highest BCUT2D eigenvalue weighted by molar-refractivity contribution is 5.51. The third-order valence-electron chi connectivity index (χ3n) is 2.20. The van der Waals surface area contributed by atoms with E-state index < -0.39 is 0 Å². The summed E-state index contributed by atoms with van der Waals surface area (Å²) in [6.45, 7) is 0. The number of hydrogen-bond acceptors (Lipinski definition) is 2. The van der Waals surface area contributed by atoms with Crippen LogP contribution >= 0.6 is 0 Å². The monoisotopic (exact) mass is 195 g/mol. The maximum absolute atomic E-state index is 12.7. The normalized spacial score (nSPS) is 12.9. The molecule has 1 aromatic carbocycles. The Morgan fingerprint density at radius 1 is 1.36 bits per heavy atom. The molecule has 2 nitrogen and oxygen atoms in total. The first-order valence-corrected chi connectivity index (χ1v) is 4.50. The predicted octanol–water partition coefficient (Wildman–Crippen LogP) is 2.02. The maximum atomic E-state index is 12.7. The quantitative estimate of drug-likeness (QED) is 0.685. The first kappa shape index (κ1) is 10.9. The maximum Gasteiger partial charge on any atom is 0.123 e. The summed E-state index contributed by atoms with van der Waals surface area (Å²) in [5.41, 5.74) is 0.962. The first-order valence-electron chi connectivity index (χ1n) is 4.50. The third kappa shape index (κ3) is 2.64. The Bertz CT molecular complexity index is 295. The fourth-order valence-electron chi connectivity index (χ4n) is 1.42. The van der Waals surface area contributed by atoms with Crippen LogP contribution in [0.2, 0.25) is 0 Å². The van der Waals surface area contributed by atoms with Crippen molar-refractivity contribution in [1.82, 2.24) is 4.90 Å². The standard InChI is InChI=1S/C11H14FNO/c1-13(2)11(7-8-14)9-3-5-10(12)6-4-9/h3-6,8,11H,7H2,1-2H3. The Kier molecular flexibility index (Phi) is 3.77. The van der Waals surface area contributed by atoms with Crippen LogP contribution in [0.25, 0.3) is 0 Å². The van der Waals surface area contributed by atoms with E-state index >= 15 is 0 Å². The van der Waals surface area contributed by atoms with Gasteiger partial charge in [0.25, 0.3) is 0 Å². The molecule has 0 spiro atoms. The van der Waals surface area contributed by atoms with Crippen molar-refractivity contribution in [3.63, 3.8) is 0 Å². The van der Waals surface area contributed by atoms with Gasteiger partial charge in [0.2, 0.25) is 0 Å². The minimum atomic E-state index is -0.252. The lowest BCUT2D eigenvalue weighted by atomic mass is 10.0. The van der Waals surface area contributed by atoms with Crippen molar-refractivity contribution >= 4 is 6.29 Å². The second-order valence-corrected chi connectivity index (χ2v) is 3.43. The van der Waals surface area contributed by atoms with E-state index in [0.29, 0.717) is 6.42 Å². The highest BCUT2D eigenvalue weighted by atomic mass is 19.1. The SMILES string of the molecule is CN(C)C(CC=O)c1ccc(F)cc1. The number of nitrogens with zero attached hydrogens (tertiary/aromatic N) is 1. The Morgan fingerprint density at radius 2 is 1.93 bits per heavy atom. The lowest BCUT2D eigenvalue weighted by Crippen LogP contribution is -2.20. The van der Waals surface area contributed by atoms with Crippen LogP contribution in [-0.4, -0.2) is 25.3 Å². The molecule has 3 heteroatoms. The molecule has 1 rings (SSSR count). The number of carbonyl (C=O) groups is 1. The summed E-state index contributed by atoms with van der Waals surface area (Å²) in [5.74, 6) is -0.252. The second kappa shape index (κ2) is 4.86. The van der Waals surface area contributed by atoms with Crippen LogP contribution in [0.1, 0.15) is 18.0 Å². The number of benzene rings is 1. The molecule has 0 N–H and O–H groups in total.